The Balaban J connectivity index is 1.64. The van der Waals surface area contributed by atoms with Crippen molar-refractivity contribution in [2.75, 3.05) is 7.05 Å². The van der Waals surface area contributed by atoms with Gasteiger partial charge in [0.05, 0.1) is 18.7 Å². The van der Waals surface area contributed by atoms with Gasteiger partial charge < -0.3 is 9.32 Å². The molecule has 130 valence electrons. The molecule has 0 N–H and O–H groups in total. The minimum absolute atomic E-state index is 0.0143. The minimum Gasteiger partial charge on any atom is -0.444 e. The molecule has 0 atom stereocenters. The standard InChI is InChI=1S/C17H16F2N4O2/c1-22(10-14-20-7-8-23(14)17(18)19)15(24)9-13-11-25-16(21-13)12-5-3-2-4-6-12/h2-8,11,17H,9-10H2,1H3. The van der Waals surface area contributed by atoms with Crippen LogP contribution in [0.25, 0.3) is 11.5 Å². The maximum absolute atomic E-state index is 12.8. The zero-order chi connectivity index (χ0) is 17.8. The van der Waals surface area contributed by atoms with Gasteiger partial charge in [-0.25, -0.2) is 9.97 Å². The minimum atomic E-state index is -2.69. The van der Waals surface area contributed by atoms with Gasteiger partial charge in [-0.05, 0) is 12.1 Å². The summed E-state index contributed by atoms with van der Waals surface area (Å²) in [5.41, 5.74) is 1.29. The second kappa shape index (κ2) is 7.25. The summed E-state index contributed by atoms with van der Waals surface area (Å²) in [5, 5.41) is 0. The fourth-order valence-corrected chi connectivity index (χ4v) is 2.34. The maximum atomic E-state index is 12.8. The van der Waals surface area contributed by atoms with Gasteiger partial charge in [0, 0.05) is 25.0 Å². The summed E-state index contributed by atoms with van der Waals surface area (Å²) < 4.78 is 31.8. The number of hydrogen-bond acceptors (Lipinski definition) is 4. The highest BCUT2D eigenvalue weighted by molar-refractivity contribution is 5.78. The molecule has 3 rings (SSSR count). The van der Waals surface area contributed by atoms with Crippen LogP contribution in [0.5, 0.6) is 0 Å². The molecule has 0 unspecified atom stereocenters. The van der Waals surface area contributed by atoms with E-state index in [9.17, 15) is 13.6 Å². The van der Waals surface area contributed by atoms with Gasteiger partial charge in [0.2, 0.25) is 11.8 Å². The smallest absolute Gasteiger partial charge is 0.319 e. The summed E-state index contributed by atoms with van der Waals surface area (Å²) in [6.07, 6.45) is 3.90. The van der Waals surface area contributed by atoms with Crippen molar-refractivity contribution in [2.24, 2.45) is 0 Å². The lowest BCUT2D eigenvalue weighted by Crippen LogP contribution is -2.29. The monoisotopic (exact) mass is 346 g/mol. The van der Waals surface area contributed by atoms with E-state index in [4.69, 9.17) is 4.42 Å². The van der Waals surface area contributed by atoms with Crippen LogP contribution in [0.2, 0.25) is 0 Å². The van der Waals surface area contributed by atoms with Crippen LogP contribution in [0.1, 0.15) is 18.1 Å². The number of hydrogen-bond donors (Lipinski definition) is 0. The van der Waals surface area contributed by atoms with E-state index in [1.54, 1.807) is 0 Å². The molecule has 8 heteroatoms. The van der Waals surface area contributed by atoms with E-state index < -0.39 is 6.55 Å². The fourth-order valence-electron chi connectivity index (χ4n) is 2.34. The van der Waals surface area contributed by atoms with Crippen molar-refractivity contribution in [3.05, 3.63) is 60.5 Å². The van der Waals surface area contributed by atoms with Crippen LogP contribution in [0.3, 0.4) is 0 Å². The molecule has 0 aliphatic rings. The van der Waals surface area contributed by atoms with Gasteiger partial charge in [-0.3, -0.25) is 9.36 Å². The summed E-state index contributed by atoms with van der Waals surface area (Å²) in [6, 6.07) is 9.32. The highest BCUT2D eigenvalue weighted by Gasteiger charge is 2.18. The van der Waals surface area contributed by atoms with Crippen LogP contribution in [0.4, 0.5) is 8.78 Å². The Labute approximate surface area is 142 Å². The van der Waals surface area contributed by atoms with Crippen LogP contribution in [-0.2, 0) is 17.8 Å². The molecule has 2 aromatic heterocycles. The number of alkyl halides is 2. The number of oxazole rings is 1. The highest BCUT2D eigenvalue weighted by Crippen LogP contribution is 2.19. The predicted octanol–water partition coefficient (Wildman–Crippen LogP) is 3.13. The molecule has 0 spiro atoms. The van der Waals surface area contributed by atoms with Gasteiger partial charge in [0.25, 0.3) is 0 Å². The van der Waals surface area contributed by atoms with Crippen LogP contribution in [-0.4, -0.2) is 32.4 Å². The molecule has 0 bridgehead atoms. The number of amides is 1. The van der Waals surface area contributed by atoms with Crippen LogP contribution >= 0.6 is 0 Å². The Morgan fingerprint density at radius 2 is 2.08 bits per heavy atom. The SMILES string of the molecule is CN(Cc1nccn1C(F)F)C(=O)Cc1coc(-c2ccccc2)n1. The van der Waals surface area contributed by atoms with Crippen molar-refractivity contribution in [3.8, 4) is 11.5 Å². The van der Waals surface area contributed by atoms with Gasteiger partial charge >= 0.3 is 6.55 Å². The molecule has 0 fully saturated rings. The molecular weight excluding hydrogens is 330 g/mol. The maximum Gasteiger partial charge on any atom is 0.319 e. The van der Waals surface area contributed by atoms with Crippen molar-refractivity contribution in [3.63, 3.8) is 0 Å². The highest BCUT2D eigenvalue weighted by atomic mass is 19.3. The molecule has 1 amide bonds. The van der Waals surface area contributed by atoms with Crippen LogP contribution in [0, 0.1) is 0 Å². The zero-order valence-electron chi connectivity index (χ0n) is 13.5. The first-order valence-corrected chi connectivity index (χ1v) is 7.58. The number of halogens is 2. The van der Waals surface area contributed by atoms with Crippen molar-refractivity contribution >= 4 is 5.91 Å². The van der Waals surface area contributed by atoms with E-state index in [0.717, 1.165) is 10.1 Å². The molecule has 0 saturated heterocycles. The molecule has 2 heterocycles. The number of carbonyl (C=O) groups is 1. The number of imidazole rings is 1. The third-order valence-corrected chi connectivity index (χ3v) is 3.67. The summed E-state index contributed by atoms with van der Waals surface area (Å²) in [5.74, 6) is 0.284. The lowest BCUT2D eigenvalue weighted by Gasteiger charge is -2.17. The van der Waals surface area contributed by atoms with E-state index in [2.05, 4.69) is 9.97 Å². The van der Waals surface area contributed by atoms with E-state index in [1.165, 1.54) is 30.6 Å². The van der Waals surface area contributed by atoms with Gasteiger partial charge in [0.1, 0.15) is 12.1 Å². The molecule has 25 heavy (non-hydrogen) atoms. The topological polar surface area (TPSA) is 64.2 Å². The lowest BCUT2D eigenvalue weighted by molar-refractivity contribution is -0.130. The number of benzene rings is 1. The fraction of sp³-hybridized carbons (Fsp3) is 0.235. The molecule has 6 nitrogen and oxygen atoms in total. The van der Waals surface area contributed by atoms with E-state index in [0.29, 0.717) is 11.6 Å². The molecule has 0 aliphatic carbocycles. The Hall–Kier alpha value is -3.03. The van der Waals surface area contributed by atoms with Gasteiger partial charge in [-0.1, -0.05) is 18.2 Å². The molecule has 3 aromatic rings. The van der Waals surface area contributed by atoms with Crippen molar-refractivity contribution in [1.29, 1.82) is 0 Å². The van der Waals surface area contributed by atoms with Gasteiger partial charge in [-0.15, -0.1) is 0 Å². The first-order chi connectivity index (χ1) is 12.0. The predicted molar refractivity (Wildman–Crippen MR) is 85.6 cm³/mol. The number of likely N-dealkylation sites (N-methyl/N-ethyl adjacent to an activating group) is 1. The molecule has 0 radical (unpaired) electrons. The zero-order valence-corrected chi connectivity index (χ0v) is 13.5. The summed E-state index contributed by atoms with van der Waals surface area (Å²) in [4.78, 5) is 21.8. The third-order valence-electron chi connectivity index (χ3n) is 3.67. The number of nitrogens with zero attached hydrogens (tertiary/aromatic N) is 4. The Morgan fingerprint density at radius 1 is 1.32 bits per heavy atom. The first kappa shape index (κ1) is 16.8. The number of rotatable bonds is 6. The summed E-state index contributed by atoms with van der Waals surface area (Å²) in [6.45, 7) is -2.70. The Morgan fingerprint density at radius 3 is 2.80 bits per heavy atom. The van der Waals surface area contributed by atoms with E-state index >= 15 is 0 Å². The van der Waals surface area contributed by atoms with E-state index in [1.807, 2.05) is 30.3 Å². The largest absolute Gasteiger partial charge is 0.444 e. The molecular formula is C17H16F2N4O2. The Bertz CT molecular complexity index is 845. The van der Waals surface area contributed by atoms with Crippen molar-refractivity contribution < 1.29 is 18.0 Å². The summed E-state index contributed by atoms with van der Waals surface area (Å²) >= 11 is 0. The number of carbonyl (C=O) groups excluding carboxylic acids is 1. The average Bonchev–Trinajstić information content (AvgIpc) is 3.25. The molecule has 1 aromatic carbocycles. The van der Waals surface area contributed by atoms with E-state index in [-0.39, 0.29) is 24.7 Å². The second-order valence-electron chi connectivity index (χ2n) is 5.46. The Kier molecular flexibility index (Phi) is 4.87. The van der Waals surface area contributed by atoms with Crippen molar-refractivity contribution in [1.82, 2.24) is 19.4 Å². The van der Waals surface area contributed by atoms with Crippen LogP contribution in [0.15, 0.2) is 53.4 Å². The third kappa shape index (κ3) is 3.90. The number of aromatic nitrogens is 3. The lowest BCUT2D eigenvalue weighted by atomic mass is 10.2. The van der Waals surface area contributed by atoms with Crippen LogP contribution < -0.4 is 0 Å². The summed E-state index contributed by atoms with van der Waals surface area (Å²) in [7, 11) is 1.53. The molecule has 0 aliphatic heterocycles. The first-order valence-electron chi connectivity index (χ1n) is 7.58. The quantitative estimate of drug-likeness (QED) is 0.688. The molecule has 0 saturated carbocycles. The van der Waals surface area contributed by atoms with Crippen molar-refractivity contribution in [2.45, 2.75) is 19.5 Å². The van der Waals surface area contributed by atoms with Gasteiger partial charge in [-0.2, -0.15) is 8.78 Å². The normalized spacial score (nSPS) is 11.0. The average molecular weight is 346 g/mol. The second-order valence-corrected chi connectivity index (χ2v) is 5.46. The van der Waals surface area contributed by atoms with Gasteiger partial charge in [0.15, 0.2) is 0 Å².